The summed E-state index contributed by atoms with van der Waals surface area (Å²) in [4.78, 5) is 0. The van der Waals surface area contributed by atoms with Crippen LogP contribution in [0.4, 0.5) is 0 Å². The molecule has 0 aliphatic rings. The SMILES string of the molecule is CSC.OCCCCO. The second-order valence-electron chi connectivity index (χ2n) is 1.56. The molecular weight excluding hydrogens is 136 g/mol. The fraction of sp³-hybridized carbons (Fsp3) is 1.00. The van der Waals surface area contributed by atoms with Crippen LogP contribution in [-0.4, -0.2) is 35.9 Å². The predicted molar refractivity (Wildman–Crippen MR) is 42.8 cm³/mol. The van der Waals surface area contributed by atoms with E-state index >= 15 is 0 Å². The Morgan fingerprint density at radius 3 is 1.33 bits per heavy atom. The van der Waals surface area contributed by atoms with Gasteiger partial charge in [0, 0.05) is 13.2 Å². The van der Waals surface area contributed by atoms with E-state index in [4.69, 9.17) is 10.2 Å². The van der Waals surface area contributed by atoms with Gasteiger partial charge in [-0.25, -0.2) is 0 Å². The normalized spacial score (nSPS) is 8.00. The van der Waals surface area contributed by atoms with Gasteiger partial charge in [0.1, 0.15) is 0 Å². The van der Waals surface area contributed by atoms with E-state index in [9.17, 15) is 0 Å². The molecule has 58 valence electrons. The Kier molecular flexibility index (Phi) is 21.0. The van der Waals surface area contributed by atoms with Crippen LogP contribution in [0.15, 0.2) is 0 Å². The lowest BCUT2D eigenvalue weighted by molar-refractivity contribution is 0.242. The minimum atomic E-state index is 0.195. The van der Waals surface area contributed by atoms with Crippen LogP contribution in [0.25, 0.3) is 0 Å². The van der Waals surface area contributed by atoms with Crippen molar-refractivity contribution in [3.05, 3.63) is 0 Å². The summed E-state index contributed by atoms with van der Waals surface area (Å²) in [5.74, 6) is 0. The van der Waals surface area contributed by atoms with Crippen LogP contribution in [0.1, 0.15) is 12.8 Å². The molecular formula is C6H16O2S. The van der Waals surface area contributed by atoms with Crippen LogP contribution in [0.2, 0.25) is 0 Å². The Balaban J connectivity index is 0. The minimum Gasteiger partial charge on any atom is -0.396 e. The molecule has 0 heterocycles. The summed E-state index contributed by atoms with van der Waals surface area (Å²) in [5.41, 5.74) is 0. The highest BCUT2D eigenvalue weighted by molar-refractivity contribution is 7.97. The maximum absolute atomic E-state index is 8.09. The average Bonchev–Trinajstić information content (AvgIpc) is 1.86. The Morgan fingerprint density at radius 1 is 1.00 bits per heavy atom. The highest BCUT2D eigenvalue weighted by atomic mass is 32.2. The van der Waals surface area contributed by atoms with E-state index in [0.717, 1.165) is 12.8 Å². The zero-order chi connectivity index (χ0) is 7.54. The summed E-state index contributed by atoms with van der Waals surface area (Å²) in [5, 5.41) is 16.2. The Labute approximate surface area is 61.3 Å². The Hall–Kier alpha value is 0.270. The highest BCUT2D eigenvalue weighted by Gasteiger charge is 1.77. The molecule has 0 amide bonds. The van der Waals surface area contributed by atoms with Crippen LogP contribution in [-0.2, 0) is 0 Å². The summed E-state index contributed by atoms with van der Waals surface area (Å²) < 4.78 is 0. The van der Waals surface area contributed by atoms with Crippen molar-refractivity contribution in [1.29, 1.82) is 0 Å². The molecule has 0 rings (SSSR count). The largest absolute Gasteiger partial charge is 0.396 e. The van der Waals surface area contributed by atoms with Gasteiger partial charge in [-0.2, -0.15) is 11.8 Å². The van der Waals surface area contributed by atoms with Crippen molar-refractivity contribution >= 4 is 11.8 Å². The van der Waals surface area contributed by atoms with Crippen molar-refractivity contribution in [2.75, 3.05) is 25.7 Å². The van der Waals surface area contributed by atoms with Crippen molar-refractivity contribution in [2.45, 2.75) is 12.8 Å². The quantitative estimate of drug-likeness (QED) is 0.586. The Bertz CT molecular complexity index is 30.2. The summed E-state index contributed by atoms with van der Waals surface area (Å²) >= 11 is 1.75. The monoisotopic (exact) mass is 152 g/mol. The van der Waals surface area contributed by atoms with Crippen molar-refractivity contribution in [3.8, 4) is 0 Å². The number of unbranched alkanes of at least 4 members (excludes halogenated alkanes) is 1. The minimum absolute atomic E-state index is 0.195. The molecule has 0 saturated carbocycles. The van der Waals surface area contributed by atoms with Gasteiger partial charge in [-0.15, -0.1) is 0 Å². The fourth-order valence-corrected chi connectivity index (χ4v) is 0.224. The number of hydrogen-bond acceptors (Lipinski definition) is 3. The van der Waals surface area contributed by atoms with Crippen LogP contribution in [0, 0.1) is 0 Å². The first kappa shape index (κ1) is 12.0. The zero-order valence-electron chi connectivity index (χ0n) is 6.13. The van der Waals surface area contributed by atoms with Crippen LogP contribution >= 0.6 is 11.8 Å². The lowest BCUT2D eigenvalue weighted by atomic mass is 10.3. The molecule has 0 aromatic rings. The third-order valence-corrected chi connectivity index (χ3v) is 0.566. The van der Waals surface area contributed by atoms with Crippen molar-refractivity contribution in [2.24, 2.45) is 0 Å². The first-order valence-electron chi connectivity index (χ1n) is 2.95. The lowest BCUT2D eigenvalue weighted by Crippen LogP contribution is -1.85. The van der Waals surface area contributed by atoms with Crippen LogP contribution in [0.5, 0.6) is 0 Å². The van der Waals surface area contributed by atoms with E-state index in [-0.39, 0.29) is 13.2 Å². The van der Waals surface area contributed by atoms with Crippen LogP contribution in [0.3, 0.4) is 0 Å². The average molecular weight is 152 g/mol. The predicted octanol–water partition coefficient (Wildman–Crippen LogP) is 0.730. The van der Waals surface area contributed by atoms with E-state index in [1.165, 1.54) is 0 Å². The van der Waals surface area contributed by atoms with E-state index in [0.29, 0.717) is 0 Å². The number of thioether (sulfide) groups is 1. The number of hydrogen-bond donors (Lipinski definition) is 2. The molecule has 0 bridgehead atoms. The van der Waals surface area contributed by atoms with Gasteiger partial charge in [-0.05, 0) is 25.4 Å². The molecule has 2 nitrogen and oxygen atoms in total. The van der Waals surface area contributed by atoms with E-state index in [1.807, 2.05) is 12.5 Å². The van der Waals surface area contributed by atoms with Crippen LogP contribution < -0.4 is 0 Å². The molecule has 0 aromatic heterocycles. The molecule has 0 aliphatic carbocycles. The topological polar surface area (TPSA) is 40.5 Å². The van der Waals surface area contributed by atoms with Gasteiger partial charge >= 0.3 is 0 Å². The molecule has 0 spiro atoms. The zero-order valence-corrected chi connectivity index (χ0v) is 6.95. The maximum Gasteiger partial charge on any atom is 0.0431 e. The van der Waals surface area contributed by atoms with Gasteiger partial charge in [0.15, 0.2) is 0 Å². The molecule has 0 radical (unpaired) electrons. The first-order valence-corrected chi connectivity index (χ1v) is 4.58. The molecule has 0 aromatic carbocycles. The molecule has 9 heavy (non-hydrogen) atoms. The van der Waals surface area contributed by atoms with Gasteiger partial charge in [0.05, 0.1) is 0 Å². The molecule has 0 saturated heterocycles. The van der Waals surface area contributed by atoms with Gasteiger partial charge in [0.2, 0.25) is 0 Å². The second-order valence-corrected chi connectivity index (χ2v) is 2.38. The molecule has 0 unspecified atom stereocenters. The number of rotatable bonds is 3. The third-order valence-electron chi connectivity index (χ3n) is 0.566. The summed E-state index contributed by atoms with van der Waals surface area (Å²) in [6.45, 7) is 0.390. The van der Waals surface area contributed by atoms with Crippen molar-refractivity contribution < 1.29 is 10.2 Å². The maximum atomic E-state index is 8.09. The highest BCUT2D eigenvalue weighted by Crippen LogP contribution is 1.80. The van der Waals surface area contributed by atoms with Crippen molar-refractivity contribution in [3.63, 3.8) is 0 Å². The third kappa shape index (κ3) is 30.4. The Morgan fingerprint density at radius 2 is 1.22 bits per heavy atom. The molecule has 2 N–H and O–H groups in total. The summed E-state index contributed by atoms with van der Waals surface area (Å²) in [6.07, 6.45) is 5.52. The number of aliphatic hydroxyl groups excluding tert-OH is 2. The first-order chi connectivity index (χ1) is 4.33. The fourth-order valence-electron chi connectivity index (χ4n) is 0.224. The molecule has 0 atom stereocenters. The van der Waals surface area contributed by atoms with Gasteiger partial charge in [0.25, 0.3) is 0 Å². The lowest BCUT2D eigenvalue weighted by Gasteiger charge is -1.85. The van der Waals surface area contributed by atoms with E-state index in [1.54, 1.807) is 11.8 Å². The van der Waals surface area contributed by atoms with Gasteiger partial charge in [-0.3, -0.25) is 0 Å². The van der Waals surface area contributed by atoms with Crippen molar-refractivity contribution in [1.82, 2.24) is 0 Å². The smallest absolute Gasteiger partial charge is 0.0431 e. The second kappa shape index (κ2) is 15.7. The molecule has 3 heteroatoms. The summed E-state index contributed by atoms with van der Waals surface area (Å²) in [7, 11) is 0. The summed E-state index contributed by atoms with van der Waals surface area (Å²) in [6, 6.07) is 0. The number of aliphatic hydroxyl groups is 2. The van der Waals surface area contributed by atoms with Gasteiger partial charge < -0.3 is 10.2 Å². The van der Waals surface area contributed by atoms with Gasteiger partial charge in [-0.1, -0.05) is 0 Å². The van der Waals surface area contributed by atoms with E-state index < -0.39 is 0 Å². The standard InChI is InChI=1S/C4H10O2.C2H6S/c5-3-1-2-4-6;1-3-2/h5-6H,1-4H2;1-2H3. The molecule has 0 aliphatic heterocycles. The van der Waals surface area contributed by atoms with E-state index in [2.05, 4.69) is 0 Å². The molecule has 0 fully saturated rings.